The second kappa shape index (κ2) is 6.77. The lowest BCUT2D eigenvalue weighted by Gasteiger charge is -2.20. The molecule has 1 saturated carbocycles. The van der Waals surface area contributed by atoms with E-state index in [0.717, 1.165) is 29.7 Å². The van der Waals surface area contributed by atoms with Crippen molar-refractivity contribution >= 4 is 21.4 Å². The average molecular weight is 331 g/mol. The van der Waals surface area contributed by atoms with Crippen LogP contribution in [0.4, 0.5) is 0 Å². The molecule has 4 nitrogen and oxygen atoms in total. The van der Waals surface area contributed by atoms with E-state index in [2.05, 4.69) is 23.9 Å². The molecule has 3 unspecified atom stereocenters. The van der Waals surface area contributed by atoms with Crippen molar-refractivity contribution in [2.75, 3.05) is 7.05 Å². The molecule has 2 N–H and O–H groups in total. The smallest absolute Gasteiger partial charge is 0.250 e. The van der Waals surface area contributed by atoms with Gasteiger partial charge in [0.25, 0.3) is 0 Å². The molecule has 0 saturated heterocycles. The number of nitrogens with one attached hydrogen (secondary N) is 2. The molecule has 1 aliphatic rings. The van der Waals surface area contributed by atoms with Crippen LogP contribution in [0.1, 0.15) is 43.6 Å². The summed E-state index contributed by atoms with van der Waals surface area (Å²) >= 11 is 1.37. The first kappa shape index (κ1) is 16.9. The van der Waals surface area contributed by atoms with Crippen LogP contribution >= 0.6 is 11.3 Å². The fourth-order valence-electron chi connectivity index (χ4n) is 3.20. The maximum atomic E-state index is 12.6. The third-order valence-electron chi connectivity index (χ3n) is 4.66. The molecule has 6 heteroatoms. The summed E-state index contributed by atoms with van der Waals surface area (Å²) < 4.78 is 28.5. The zero-order valence-corrected chi connectivity index (χ0v) is 14.9. The molecule has 0 amide bonds. The van der Waals surface area contributed by atoms with Gasteiger partial charge < -0.3 is 5.32 Å². The minimum atomic E-state index is -3.39. The molecule has 2 rings (SSSR count). The number of hydrogen-bond acceptors (Lipinski definition) is 4. The molecule has 1 fully saturated rings. The minimum absolute atomic E-state index is 0.0788. The first-order chi connectivity index (χ1) is 9.89. The van der Waals surface area contributed by atoms with Crippen LogP contribution in [0.15, 0.2) is 10.3 Å². The molecule has 0 radical (unpaired) electrons. The molecule has 1 aromatic rings. The highest BCUT2D eigenvalue weighted by atomic mass is 32.2. The summed E-state index contributed by atoms with van der Waals surface area (Å²) in [6.07, 6.45) is 3.20. The predicted molar refractivity (Wildman–Crippen MR) is 88.1 cm³/mol. The van der Waals surface area contributed by atoms with Crippen LogP contribution in [0.3, 0.4) is 0 Å². The van der Waals surface area contributed by atoms with Gasteiger partial charge in [-0.05, 0) is 50.3 Å². The van der Waals surface area contributed by atoms with E-state index in [1.54, 1.807) is 6.07 Å². The van der Waals surface area contributed by atoms with Crippen LogP contribution in [-0.4, -0.2) is 21.5 Å². The van der Waals surface area contributed by atoms with Gasteiger partial charge in [-0.1, -0.05) is 20.3 Å². The van der Waals surface area contributed by atoms with Crippen LogP contribution in [0, 0.1) is 18.8 Å². The monoisotopic (exact) mass is 330 g/mol. The van der Waals surface area contributed by atoms with Gasteiger partial charge in [0.15, 0.2) is 0 Å². The third kappa shape index (κ3) is 3.67. The summed E-state index contributed by atoms with van der Waals surface area (Å²) in [5.41, 5.74) is 1.04. The van der Waals surface area contributed by atoms with E-state index < -0.39 is 10.0 Å². The van der Waals surface area contributed by atoms with Crippen molar-refractivity contribution in [2.45, 2.75) is 56.8 Å². The van der Waals surface area contributed by atoms with Crippen molar-refractivity contribution in [3.05, 3.63) is 16.5 Å². The van der Waals surface area contributed by atoms with Crippen molar-refractivity contribution in [1.29, 1.82) is 0 Å². The number of aryl methyl sites for hydroxylation is 1. The summed E-state index contributed by atoms with van der Waals surface area (Å²) in [5, 5.41) is 3.08. The van der Waals surface area contributed by atoms with E-state index >= 15 is 0 Å². The molecule has 21 heavy (non-hydrogen) atoms. The van der Waals surface area contributed by atoms with Gasteiger partial charge >= 0.3 is 0 Å². The molecule has 0 aliphatic heterocycles. The molecule has 1 aliphatic carbocycles. The van der Waals surface area contributed by atoms with Gasteiger partial charge in [-0.2, -0.15) is 0 Å². The summed E-state index contributed by atoms with van der Waals surface area (Å²) in [6, 6.07) is 1.87. The average Bonchev–Trinajstić information content (AvgIpc) is 2.96. The molecule has 0 spiro atoms. The molecule has 1 heterocycles. The fraction of sp³-hybridized carbons (Fsp3) is 0.733. The van der Waals surface area contributed by atoms with Crippen LogP contribution in [0.25, 0.3) is 0 Å². The molecule has 3 atom stereocenters. The zero-order chi connectivity index (χ0) is 15.6. The number of rotatable bonds is 6. The zero-order valence-electron chi connectivity index (χ0n) is 13.3. The number of hydrogen-bond donors (Lipinski definition) is 2. The maximum Gasteiger partial charge on any atom is 0.250 e. The SMILES string of the molecule is CCC1CCC(NS(=O)(=O)c2cc(C)c(CNC)s2)C1C. The Kier molecular flexibility index (Phi) is 5.46. The third-order valence-corrected chi connectivity index (χ3v) is 7.86. The van der Waals surface area contributed by atoms with Gasteiger partial charge in [0, 0.05) is 17.5 Å². The topological polar surface area (TPSA) is 58.2 Å². The Bertz CT molecular complexity index is 580. The van der Waals surface area contributed by atoms with Crippen molar-refractivity contribution in [2.24, 2.45) is 11.8 Å². The van der Waals surface area contributed by atoms with Crippen LogP contribution in [0.2, 0.25) is 0 Å². The van der Waals surface area contributed by atoms with Gasteiger partial charge in [-0.3, -0.25) is 0 Å². The minimum Gasteiger partial charge on any atom is -0.315 e. The first-order valence-corrected chi connectivity index (χ1v) is 9.95. The van der Waals surface area contributed by atoms with Gasteiger partial charge in [0.2, 0.25) is 10.0 Å². The molecule has 1 aromatic heterocycles. The van der Waals surface area contributed by atoms with Crippen molar-refractivity contribution in [3.8, 4) is 0 Å². The van der Waals surface area contributed by atoms with Gasteiger partial charge in [0.1, 0.15) is 4.21 Å². The van der Waals surface area contributed by atoms with E-state index in [1.807, 2.05) is 14.0 Å². The quantitative estimate of drug-likeness (QED) is 0.843. The lowest BCUT2D eigenvalue weighted by atomic mass is 9.94. The standard InChI is InChI=1S/C15H26N2O2S2/c1-5-12-6-7-13(11(12)3)17-21(18,19)15-8-10(2)14(20-15)9-16-4/h8,11-13,16-17H,5-7,9H2,1-4H3. The van der Waals surface area contributed by atoms with E-state index in [9.17, 15) is 8.42 Å². The Balaban J connectivity index is 2.14. The Hall–Kier alpha value is -0.430. The van der Waals surface area contributed by atoms with Gasteiger partial charge in [-0.25, -0.2) is 13.1 Å². The van der Waals surface area contributed by atoms with E-state index in [0.29, 0.717) is 22.6 Å². The van der Waals surface area contributed by atoms with E-state index in [1.165, 1.54) is 11.3 Å². The highest BCUT2D eigenvalue weighted by molar-refractivity contribution is 7.91. The van der Waals surface area contributed by atoms with Crippen LogP contribution in [-0.2, 0) is 16.6 Å². The lowest BCUT2D eigenvalue weighted by Crippen LogP contribution is -2.37. The van der Waals surface area contributed by atoms with Crippen molar-refractivity contribution in [1.82, 2.24) is 10.0 Å². The summed E-state index contributed by atoms with van der Waals surface area (Å²) in [7, 11) is -1.52. The number of thiophene rings is 1. The maximum absolute atomic E-state index is 12.6. The summed E-state index contributed by atoms with van der Waals surface area (Å²) in [5.74, 6) is 1.06. The summed E-state index contributed by atoms with van der Waals surface area (Å²) in [6.45, 7) is 7.03. The summed E-state index contributed by atoms with van der Waals surface area (Å²) in [4.78, 5) is 1.09. The Morgan fingerprint density at radius 1 is 1.38 bits per heavy atom. The van der Waals surface area contributed by atoms with Crippen LogP contribution < -0.4 is 10.0 Å². The Morgan fingerprint density at radius 3 is 2.67 bits per heavy atom. The Morgan fingerprint density at radius 2 is 2.10 bits per heavy atom. The molecule has 120 valence electrons. The highest BCUT2D eigenvalue weighted by Gasteiger charge is 2.34. The van der Waals surface area contributed by atoms with Crippen molar-refractivity contribution < 1.29 is 8.42 Å². The number of sulfonamides is 1. The first-order valence-electron chi connectivity index (χ1n) is 7.65. The van der Waals surface area contributed by atoms with Crippen LogP contribution in [0.5, 0.6) is 0 Å². The molecular formula is C15H26N2O2S2. The highest BCUT2D eigenvalue weighted by Crippen LogP contribution is 2.35. The van der Waals surface area contributed by atoms with Crippen molar-refractivity contribution in [3.63, 3.8) is 0 Å². The van der Waals surface area contributed by atoms with E-state index in [4.69, 9.17) is 0 Å². The van der Waals surface area contributed by atoms with Gasteiger partial charge in [0.05, 0.1) is 0 Å². The normalized spacial score (nSPS) is 26.4. The predicted octanol–water partition coefficient (Wildman–Crippen LogP) is 2.88. The molecular weight excluding hydrogens is 304 g/mol. The lowest BCUT2D eigenvalue weighted by molar-refractivity contribution is 0.369. The second-order valence-electron chi connectivity index (χ2n) is 6.03. The molecule has 0 aromatic carbocycles. The second-order valence-corrected chi connectivity index (χ2v) is 9.11. The van der Waals surface area contributed by atoms with Gasteiger partial charge in [-0.15, -0.1) is 11.3 Å². The molecule has 0 bridgehead atoms. The van der Waals surface area contributed by atoms with E-state index in [-0.39, 0.29) is 6.04 Å². The fourth-order valence-corrected chi connectivity index (χ4v) is 6.18. The Labute approximate surface area is 132 Å². The largest absolute Gasteiger partial charge is 0.315 e.